The fourth-order valence-electron chi connectivity index (χ4n) is 2.84. The van der Waals surface area contributed by atoms with Crippen molar-refractivity contribution in [3.63, 3.8) is 0 Å². The molecule has 0 saturated heterocycles. The predicted molar refractivity (Wildman–Crippen MR) is 106 cm³/mol. The molecule has 1 atom stereocenters. The molecule has 2 rings (SSSR count). The van der Waals surface area contributed by atoms with E-state index in [9.17, 15) is 4.79 Å². The molecular formula is C19H24LiO4P. The Bertz CT molecular complexity index is 726. The van der Waals surface area contributed by atoms with Gasteiger partial charge in [0.25, 0.3) is 0 Å². The molecule has 0 bridgehead atoms. The summed E-state index contributed by atoms with van der Waals surface area (Å²) in [4.78, 5) is 12.9. The third-order valence-electron chi connectivity index (χ3n) is 3.86. The molecule has 0 amide bonds. The summed E-state index contributed by atoms with van der Waals surface area (Å²) in [5.41, 5.74) is 4.00. The van der Waals surface area contributed by atoms with E-state index in [0.717, 1.165) is 27.6 Å². The van der Waals surface area contributed by atoms with Gasteiger partial charge in [0.2, 0.25) is 0 Å². The standard InChI is InChI=1S/C19H23O4P.Li.H/c1-11-7-12(2)17(13(3)8-11)19(20)24-18-15(22-5)9-14(21-4)10-16(18)23-6;;/h7-10,24H,1-6H3;;. The van der Waals surface area contributed by atoms with Gasteiger partial charge in [0.05, 0.1) is 26.6 Å². The van der Waals surface area contributed by atoms with Crippen LogP contribution in [-0.4, -0.2) is 45.7 Å². The van der Waals surface area contributed by atoms with Crippen LogP contribution in [0.15, 0.2) is 24.3 Å². The van der Waals surface area contributed by atoms with E-state index < -0.39 is 0 Å². The number of carbonyl (C=O) groups is 1. The minimum atomic E-state index is -0.0901. The molecule has 0 aliphatic heterocycles. The summed E-state index contributed by atoms with van der Waals surface area (Å²) < 4.78 is 16.1. The number of hydrogen-bond acceptors (Lipinski definition) is 4. The summed E-state index contributed by atoms with van der Waals surface area (Å²) in [5.74, 6) is 1.83. The molecule has 2 aromatic rings. The van der Waals surface area contributed by atoms with E-state index in [4.69, 9.17) is 14.2 Å². The zero-order valence-electron chi connectivity index (χ0n) is 14.9. The summed E-state index contributed by atoms with van der Waals surface area (Å²) >= 11 is 0. The molecule has 0 radical (unpaired) electrons. The van der Waals surface area contributed by atoms with Gasteiger partial charge < -0.3 is 14.2 Å². The van der Waals surface area contributed by atoms with E-state index in [1.807, 2.05) is 32.9 Å². The Labute approximate surface area is 163 Å². The molecule has 0 saturated carbocycles. The van der Waals surface area contributed by atoms with Crippen LogP contribution in [0, 0.1) is 20.8 Å². The molecule has 0 aliphatic rings. The van der Waals surface area contributed by atoms with E-state index in [1.165, 1.54) is 0 Å². The third kappa shape index (κ3) is 4.79. The summed E-state index contributed by atoms with van der Waals surface area (Å²) in [6.07, 6.45) is 0. The average Bonchev–Trinajstić information content (AvgIpc) is 2.53. The van der Waals surface area contributed by atoms with Gasteiger partial charge in [-0.05, 0) is 40.5 Å². The zero-order chi connectivity index (χ0) is 17.9. The molecule has 2 aromatic carbocycles. The van der Waals surface area contributed by atoms with Crippen LogP contribution in [0.3, 0.4) is 0 Å². The summed E-state index contributed by atoms with van der Waals surface area (Å²) in [6, 6.07) is 7.61. The number of methoxy groups -OCH3 is 3. The number of benzene rings is 2. The van der Waals surface area contributed by atoms with Gasteiger partial charge in [0, 0.05) is 17.7 Å². The second kappa shape index (κ2) is 9.29. The zero-order valence-corrected chi connectivity index (χ0v) is 15.9. The molecular weight excluding hydrogens is 330 g/mol. The summed E-state index contributed by atoms with van der Waals surface area (Å²) in [7, 11) is 4.65. The molecule has 4 nitrogen and oxygen atoms in total. The van der Waals surface area contributed by atoms with Crippen LogP contribution < -0.4 is 19.5 Å². The van der Waals surface area contributed by atoms with Crippen LogP contribution in [0.5, 0.6) is 17.2 Å². The van der Waals surface area contributed by atoms with Gasteiger partial charge in [-0.2, -0.15) is 0 Å². The molecule has 0 spiro atoms. The predicted octanol–water partition coefficient (Wildman–Crippen LogP) is 3.13. The minimum absolute atomic E-state index is 0. The van der Waals surface area contributed by atoms with E-state index in [1.54, 1.807) is 33.5 Å². The van der Waals surface area contributed by atoms with Gasteiger partial charge in [-0.25, -0.2) is 0 Å². The quantitative estimate of drug-likeness (QED) is 0.591. The number of rotatable bonds is 6. The van der Waals surface area contributed by atoms with E-state index in [2.05, 4.69) is 0 Å². The normalized spacial score (nSPS) is 10.5. The van der Waals surface area contributed by atoms with Gasteiger partial charge in [0.1, 0.15) is 17.2 Å². The Hall–Kier alpha value is -1.46. The second-order valence-electron chi connectivity index (χ2n) is 5.63. The van der Waals surface area contributed by atoms with Crippen molar-refractivity contribution in [2.45, 2.75) is 20.8 Å². The summed E-state index contributed by atoms with van der Waals surface area (Å²) in [5, 5.41) is 0.755. The van der Waals surface area contributed by atoms with Gasteiger partial charge in [-0.1, -0.05) is 17.7 Å². The molecule has 0 N–H and O–H groups in total. The number of aryl methyl sites for hydroxylation is 3. The van der Waals surface area contributed by atoms with Gasteiger partial charge in [-0.15, -0.1) is 0 Å². The van der Waals surface area contributed by atoms with E-state index >= 15 is 0 Å². The first-order valence-corrected chi connectivity index (χ1v) is 8.60. The van der Waals surface area contributed by atoms with Crippen molar-refractivity contribution in [2.75, 3.05) is 21.3 Å². The van der Waals surface area contributed by atoms with Crippen LogP contribution in [0.2, 0.25) is 0 Å². The Kier molecular flexibility index (Phi) is 8.02. The van der Waals surface area contributed by atoms with Crippen LogP contribution in [0.1, 0.15) is 27.0 Å². The van der Waals surface area contributed by atoms with Crippen LogP contribution in [0.25, 0.3) is 0 Å². The molecule has 0 aliphatic carbocycles. The molecule has 0 fully saturated rings. The van der Waals surface area contributed by atoms with Gasteiger partial charge >= 0.3 is 18.9 Å². The van der Waals surface area contributed by atoms with Crippen molar-refractivity contribution in [1.82, 2.24) is 0 Å². The Morgan fingerprint density at radius 3 is 1.72 bits per heavy atom. The number of hydrogen-bond donors (Lipinski definition) is 0. The maximum atomic E-state index is 12.9. The van der Waals surface area contributed by atoms with Crippen molar-refractivity contribution in [3.05, 3.63) is 46.5 Å². The first-order valence-electron chi connectivity index (χ1n) is 7.60. The number of ether oxygens (including phenoxy) is 3. The first kappa shape index (κ1) is 21.6. The fraction of sp³-hybridized carbons (Fsp3) is 0.316. The Morgan fingerprint density at radius 2 is 1.32 bits per heavy atom. The second-order valence-corrected chi connectivity index (χ2v) is 6.84. The van der Waals surface area contributed by atoms with Crippen LogP contribution >= 0.6 is 8.58 Å². The van der Waals surface area contributed by atoms with E-state index in [-0.39, 0.29) is 33.0 Å². The molecule has 25 heavy (non-hydrogen) atoms. The monoisotopic (exact) mass is 354 g/mol. The molecule has 0 aromatic heterocycles. The molecule has 0 heterocycles. The van der Waals surface area contributed by atoms with Crippen molar-refractivity contribution < 1.29 is 19.0 Å². The van der Waals surface area contributed by atoms with Gasteiger partial charge in [0.15, 0.2) is 5.52 Å². The molecule has 6 heteroatoms. The van der Waals surface area contributed by atoms with Crippen molar-refractivity contribution >= 4 is 38.3 Å². The van der Waals surface area contributed by atoms with E-state index in [0.29, 0.717) is 17.2 Å². The van der Waals surface area contributed by atoms with Crippen molar-refractivity contribution in [3.8, 4) is 17.2 Å². The fourth-order valence-corrected chi connectivity index (χ4v) is 4.18. The maximum absolute atomic E-state index is 12.9. The van der Waals surface area contributed by atoms with Crippen molar-refractivity contribution in [1.29, 1.82) is 0 Å². The Morgan fingerprint density at radius 1 is 0.840 bits per heavy atom. The molecule has 130 valence electrons. The number of carbonyl (C=O) groups excluding carboxylic acids is 1. The Balaban J connectivity index is 0.00000312. The third-order valence-corrected chi connectivity index (χ3v) is 5.08. The SMILES string of the molecule is COc1cc(OC)c(PC(=O)c2c(C)cc(C)cc2C)c(OC)c1.[LiH]. The molecule has 1 unspecified atom stereocenters. The topological polar surface area (TPSA) is 44.8 Å². The van der Waals surface area contributed by atoms with Gasteiger partial charge in [-0.3, -0.25) is 4.79 Å². The van der Waals surface area contributed by atoms with Crippen LogP contribution in [-0.2, 0) is 0 Å². The van der Waals surface area contributed by atoms with Crippen LogP contribution in [0.4, 0.5) is 0 Å². The summed E-state index contributed by atoms with van der Waals surface area (Å²) in [6.45, 7) is 5.98. The average molecular weight is 354 g/mol. The van der Waals surface area contributed by atoms with Crippen molar-refractivity contribution in [2.24, 2.45) is 0 Å². The first-order chi connectivity index (χ1) is 11.4.